The second-order valence-corrected chi connectivity index (χ2v) is 11.7. The van der Waals surface area contributed by atoms with Gasteiger partial charge in [-0.2, -0.15) is 0 Å². The van der Waals surface area contributed by atoms with Crippen LogP contribution in [0, 0.1) is 23.7 Å². The minimum absolute atomic E-state index is 0.0486. The smallest absolute Gasteiger partial charge is 0.157 e. The monoisotopic (exact) mass is 472 g/mol. The largest absolute Gasteiger partial charge is 0.299 e. The average Bonchev–Trinajstić information content (AvgIpc) is 3.47. The van der Waals surface area contributed by atoms with E-state index in [1.54, 1.807) is 0 Å². The Morgan fingerprint density at radius 1 is 0.529 bits per heavy atom. The fourth-order valence-electron chi connectivity index (χ4n) is 7.33. The topological polar surface area (TPSA) is 74.8 Å². The first-order chi connectivity index (χ1) is 16.3. The second kappa shape index (κ2) is 11.6. The molecule has 2 aliphatic carbocycles. The summed E-state index contributed by atoms with van der Waals surface area (Å²) in [6.45, 7) is 1.91. The molecule has 2 aliphatic heterocycles. The summed E-state index contributed by atoms with van der Waals surface area (Å²) in [5, 5.41) is 0. The zero-order valence-corrected chi connectivity index (χ0v) is 21.3. The van der Waals surface area contributed by atoms with E-state index in [0.717, 1.165) is 90.1 Å². The van der Waals surface area contributed by atoms with Crippen molar-refractivity contribution >= 4 is 23.1 Å². The number of likely N-dealkylation sites (tertiary alicyclic amines) is 2. The molecule has 0 amide bonds. The van der Waals surface area contributed by atoms with Gasteiger partial charge in [-0.15, -0.1) is 0 Å². The third kappa shape index (κ3) is 6.04. The number of likely N-dealkylation sites (N-methyl/N-ethyl adjacent to an activating group) is 2. The highest BCUT2D eigenvalue weighted by molar-refractivity contribution is 6.03. The second-order valence-electron chi connectivity index (χ2n) is 11.7. The molecule has 0 N–H and O–H groups in total. The molecule has 2 saturated carbocycles. The van der Waals surface area contributed by atoms with Crippen molar-refractivity contribution in [2.75, 3.05) is 27.2 Å². The molecule has 34 heavy (non-hydrogen) atoms. The lowest BCUT2D eigenvalue weighted by atomic mass is 9.68. The third-order valence-corrected chi connectivity index (χ3v) is 9.60. The predicted molar refractivity (Wildman–Crippen MR) is 131 cm³/mol. The molecule has 6 heteroatoms. The quantitative estimate of drug-likeness (QED) is 0.475. The molecule has 4 fully saturated rings. The fraction of sp³-hybridized carbons (Fsp3) is 0.857. The van der Waals surface area contributed by atoms with Gasteiger partial charge in [0.25, 0.3) is 0 Å². The Hall–Kier alpha value is -1.40. The van der Waals surface area contributed by atoms with Gasteiger partial charge in [0.05, 0.1) is 24.9 Å². The molecular formula is C28H44N2O4. The number of rotatable bonds is 9. The Morgan fingerprint density at radius 3 is 1.18 bits per heavy atom. The van der Waals surface area contributed by atoms with E-state index in [9.17, 15) is 19.2 Å². The lowest BCUT2D eigenvalue weighted by Gasteiger charge is -2.37. The molecule has 1 unspecified atom stereocenters. The van der Waals surface area contributed by atoms with Gasteiger partial charge in [-0.3, -0.25) is 29.0 Å². The molecule has 4 rings (SSSR count). The van der Waals surface area contributed by atoms with Crippen molar-refractivity contribution in [2.45, 2.75) is 102 Å². The van der Waals surface area contributed by atoms with E-state index in [4.69, 9.17) is 0 Å². The summed E-state index contributed by atoms with van der Waals surface area (Å²) in [6, 6.07) is -0.0971. The summed E-state index contributed by atoms with van der Waals surface area (Å²) in [7, 11) is 3.97. The van der Waals surface area contributed by atoms with E-state index in [1.807, 2.05) is 14.1 Å². The molecule has 0 radical (unpaired) electrons. The number of carbonyl (C=O) groups is 4. The number of nitrogens with zero attached hydrogens (tertiary/aromatic N) is 2. The van der Waals surface area contributed by atoms with Gasteiger partial charge in [0.2, 0.25) is 0 Å². The molecule has 0 bridgehead atoms. The van der Waals surface area contributed by atoms with Crippen molar-refractivity contribution in [3.63, 3.8) is 0 Å². The first kappa shape index (κ1) is 25.7. The van der Waals surface area contributed by atoms with Gasteiger partial charge < -0.3 is 0 Å². The summed E-state index contributed by atoms with van der Waals surface area (Å²) >= 11 is 0. The maximum absolute atomic E-state index is 12.8. The van der Waals surface area contributed by atoms with Crippen molar-refractivity contribution in [2.24, 2.45) is 23.7 Å². The summed E-state index contributed by atoms with van der Waals surface area (Å²) in [5.74, 6) is 1.97. The normalized spacial score (nSPS) is 35.4. The molecule has 0 aromatic heterocycles. The zero-order valence-electron chi connectivity index (χ0n) is 21.3. The van der Waals surface area contributed by atoms with Gasteiger partial charge in [-0.1, -0.05) is 0 Å². The van der Waals surface area contributed by atoms with Gasteiger partial charge in [0, 0.05) is 11.8 Å². The molecule has 6 nitrogen and oxygen atoms in total. The van der Waals surface area contributed by atoms with Crippen LogP contribution in [0.1, 0.15) is 89.9 Å². The van der Waals surface area contributed by atoms with Crippen LogP contribution in [0.4, 0.5) is 0 Å². The maximum Gasteiger partial charge on any atom is 0.157 e. The Balaban J connectivity index is 1.16. The molecule has 0 aromatic rings. The number of hydrogen-bond acceptors (Lipinski definition) is 6. The van der Waals surface area contributed by atoms with Gasteiger partial charge in [0.1, 0.15) is 11.6 Å². The van der Waals surface area contributed by atoms with Crippen LogP contribution in [0.2, 0.25) is 0 Å². The van der Waals surface area contributed by atoms with Gasteiger partial charge in [-0.05, 0) is 116 Å². The van der Waals surface area contributed by atoms with Crippen LogP contribution in [0.25, 0.3) is 0 Å². The lowest BCUT2D eigenvalue weighted by Crippen LogP contribution is -2.36. The number of Topliss-reactive ketones (excluding diaryl/α,β-unsaturated/α-hetero) is 4. The molecular weight excluding hydrogens is 428 g/mol. The molecule has 2 heterocycles. The third-order valence-electron chi connectivity index (χ3n) is 9.60. The van der Waals surface area contributed by atoms with E-state index in [2.05, 4.69) is 9.80 Å². The van der Waals surface area contributed by atoms with Crippen molar-refractivity contribution in [3.05, 3.63) is 0 Å². The Kier molecular flexibility index (Phi) is 8.73. The number of carbonyl (C=O) groups excluding carboxylic acids is 4. The highest BCUT2D eigenvalue weighted by Gasteiger charge is 2.37. The van der Waals surface area contributed by atoms with Gasteiger partial charge >= 0.3 is 0 Å². The zero-order chi connectivity index (χ0) is 24.2. The maximum atomic E-state index is 12.8. The Bertz CT molecular complexity index is 700. The van der Waals surface area contributed by atoms with E-state index in [0.29, 0.717) is 11.8 Å². The van der Waals surface area contributed by atoms with Crippen LogP contribution in [0.5, 0.6) is 0 Å². The van der Waals surface area contributed by atoms with E-state index >= 15 is 0 Å². The number of ketones is 4. The van der Waals surface area contributed by atoms with Crippen molar-refractivity contribution in [1.29, 1.82) is 0 Å². The molecule has 2 saturated heterocycles. The Labute approximate surface area is 205 Å². The van der Waals surface area contributed by atoms with Crippen LogP contribution < -0.4 is 0 Å². The van der Waals surface area contributed by atoms with Crippen molar-refractivity contribution < 1.29 is 19.2 Å². The predicted octanol–water partition coefficient (Wildman–Crippen LogP) is 3.84. The molecule has 190 valence electrons. The summed E-state index contributed by atoms with van der Waals surface area (Å²) in [4.78, 5) is 54.8. The number of hydrogen-bond donors (Lipinski definition) is 0. The molecule has 0 spiro atoms. The van der Waals surface area contributed by atoms with Gasteiger partial charge in [-0.25, -0.2) is 0 Å². The standard InChI is InChI=1S/C28H44N2O4/c1-29-15-3-5-23(29)27(33)17-25(31)21-11-7-19(8-12-21)20-9-13-22(14-10-20)26(32)18-28(34)24-6-4-16-30(24)2/h19-24H,3-18H2,1-2H3/t19?,20?,21?,22?,23-,24?/m1/s1. The minimum Gasteiger partial charge on any atom is -0.299 e. The van der Waals surface area contributed by atoms with Crippen molar-refractivity contribution in [1.82, 2.24) is 9.80 Å². The summed E-state index contributed by atoms with van der Waals surface area (Å²) < 4.78 is 0. The first-order valence-electron chi connectivity index (χ1n) is 13.8. The van der Waals surface area contributed by atoms with Crippen molar-refractivity contribution in [3.8, 4) is 0 Å². The summed E-state index contributed by atoms with van der Waals surface area (Å²) in [5.41, 5.74) is 0. The fourth-order valence-corrected chi connectivity index (χ4v) is 7.33. The lowest BCUT2D eigenvalue weighted by molar-refractivity contribution is -0.134. The van der Waals surface area contributed by atoms with Gasteiger partial charge in [0.15, 0.2) is 11.6 Å². The SMILES string of the molecule is CN1CCCC1C(=O)CC(=O)C1CCC(C2CCC(C(=O)CC(=O)[C@H]3CCCN3C)CC2)CC1. The molecule has 4 aliphatic rings. The van der Waals surface area contributed by atoms with Crippen LogP contribution in [-0.4, -0.2) is 72.2 Å². The highest BCUT2D eigenvalue weighted by atomic mass is 16.2. The summed E-state index contributed by atoms with van der Waals surface area (Å²) in [6.07, 6.45) is 12.1. The van der Waals surface area contributed by atoms with E-state index in [-0.39, 0.29) is 59.9 Å². The molecule has 2 atom stereocenters. The van der Waals surface area contributed by atoms with Crippen LogP contribution >= 0.6 is 0 Å². The average molecular weight is 473 g/mol. The highest BCUT2D eigenvalue weighted by Crippen LogP contribution is 2.42. The van der Waals surface area contributed by atoms with Crippen LogP contribution in [-0.2, 0) is 19.2 Å². The van der Waals surface area contributed by atoms with E-state index in [1.165, 1.54) is 0 Å². The molecule has 0 aromatic carbocycles. The Morgan fingerprint density at radius 2 is 0.882 bits per heavy atom. The van der Waals surface area contributed by atoms with Crippen LogP contribution in [0.15, 0.2) is 0 Å². The van der Waals surface area contributed by atoms with Crippen LogP contribution in [0.3, 0.4) is 0 Å². The first-order valence-corrected chi connectivity index (χ1v) is 13.8. The minimum atomic E-state index is -0.0486. The van der Waals surface area contributed by atoms with E-state index < -0.39 is 0 Å².